The van der Waals surface area contributed by atoms with Crippen molar-refractivity contribution in [3.05, 3.63) is 21.9 Å². The second-order valence-corrected chi connectivity index (χ2v) is 4.51. The fraction of sp³-hybridized carbons (Fsp3) is 0.600. The molecule has 74 valence electrons. The van der Waals surface area contributed by atoms with Gasteiger partial charge in [-0.05, 0) is 37.9 Å². The van der Waals surface area contributed by atoms with Crippen molar-refractivity contribution >= 4 is 23.7 Å². The van der Waals surface area contributed by atoms with E-state index in [1.165, 1.54) is 35.6 Å². The second kappa shape index (κ2) is 4.99. The Labute approximate surface area is 90.0 Å². The van der Waals surface area contributed by atoms with Crippen molar-refractivity contribution in [2.75, 3.05) is 6.54 Å². The molecule has 1 atom stereocenters. The Hall–Kier alpha value is -0.0500. The maximum atomic E-state index is 3.52. The summed E-state index contributed by atoms with van der Waals surface area (Å²) in [5.41, 5.74) is 0. The zero-order valence-corrected chi connectivity index (χ0v) is 9.51. The predicted molar refractivity (Wildman–Crippen MR) is 60.9 cm³/mol. The van der Waals surface area contributed by atoms with E-state index in [1.807, 2.05) is 11.3 Å². The molecule has 0 radical (unpaired) electrons. The normalized spacial score (nSPS) is 21.5. The van der Waals surface area contributed by atoms with Gasteiger partial charge in [0, 0.05) is 15.8 Å². The van der Waals surface area contributed by atoms with Crippen LogP contribution in [0.1, 0.15) is 35.6 Å². The van der Waals surface area contributed by atoms with Crippen LogP contribution in [-0.2, 0) is 6.42 Å². The van der Waals surface area contributed by atoms with Crippen molar-refractivity contribution in [1.82, 2.24) is 5.32 Å². The van der Waals surface area contributed by atoms with Crippen LogP contribution in [0.5, 0.6) is 0 Å². The van der Waals surface area contributed by atoms with Crippen LogP contribution >= 0.6 is 23.7 Å². The standard InChI is InChI=1S/C10H15NS.ClH/c1-2-8-5-6-10(12-8)9-4-3-7-11-9;/h5-6,9,11H,2-4,7H2,1H3;1H/t9-;/m0./s1. The van der Waals surface area contributed by atoms with Crippen molar-refractivity contribution in [1.29, 1.82) is 0 Å². The van der Waals surface area contributed by atoms with Crippen molar-refractivity contribution in [3.8, 4) is 0 Å². The Morgan fingerprint density at radius 3 is 2.92 bits per heavy atom. The molecule has 1 fully saturated rings. The summed E-state index contributed by atoms with van der Waals surface area (Å²) in [6, 6.07) is 5.21. The highest BCUT2D eigenvalue weighted by Gasteiger charge is 2.17. The van der Waals surface area contributed by atoms with Crippen LogP contribution in [-0.4, -0.2) is 6.54 Å². The number of thiophene rings is 1. The Kier molecular flexibility index (Phi) is 4.23. The molecule has 1 aliphatic rings. The number of hydrogen-bond donors (Lipinski definition) is 1. The first-order valence-corrected chi connectivity index (χ1v) is 5.54. The fourth-order valence-electron chi connectivity index (χ4n) is 1.70. The molecule has 2 heterocycles. The lowest BCUT2D eigenvalue weighted by atomic mass is 10.2. The molecule has 1 aliphatic heterocycles. The van der Waals surface area contributed by atoms with Gasteiger partial charge in [0.05, 0.1) is 0 Å². The van der Waals surface area contributed by atoms with Gasteiger partial charge < -0.3 is 5.32 Å². The first-order chi connectivity index (χ1) is 5.90. The molecule has 0 aromatic carbocycles. The van der Waals surface area contributed by atoms with E-state index in [1.54, 1.807) is 0 Å². The second-order valence-electron chi connectivity index (χ2n) is 3.31. The van der Waals surface area contributed by atoms with Crippen LogP contribution in [0.2, 0.25) is 0 Å². The minimum atomic E-state index is 0. The van der Waals surface area contributed by atoms with E-state index in [2.05, 4.69) is 24.4 Å². The van der Waals surface area contributed by atoms with E-state index in [0.717, 1.165) is 0 Å². The maximum Gasteiger partial charge on any atom is 0.0415 e. The zero-order valence-electron chi connectivity index (χ0n) is 7.88. The highest BCUT2D eigenvalue weighted by atomic mass is 35.5. The lowest BCUT2D eigenvalue weighted by Crippen LogP contribution is -2.11. The van der Waals surface area contributed by atoms with Gasteiger partial charge in [-0.15, -0.1) is 23.7 Å². The minimum absolute atomic E-state index is 0. The fourth-order valence-corrected chi connectivity index (χ4v) is 2.76. The summed E-state index contributed by atoms with van der Waals surface area (Å²) in [5, 5.41) is 3.52. The molecule has 0 saturated carbocycles. The third-order valence-corrected chi connectivity index (χ3v) is 3.78. The molecule has 2 rings (SSSR count). The van der Waals surface area contributed by atoms with Crippen LogP contribution in [0.3, 0.4) is 0 Å². The summed E-state index contributed by atoms with van der Waals surface area (Å²) in [6.45, 7) is 3.42. The average molecular weight is 218 g/mol. The van der Waals surface area contributed by atoms with Gasteiger partial charge in [0.25, 0.3) is 0 Å². The number of rotatable bonds is 2. The summed E-state index contributed by atoms with van der Waals surface area (Å²) in [4.78, 5) is 3.04. The van der Waals surface area contributed by atoms with Gasteiger partial charge in [-0.3, -0.25) is 0 Å². The van der Waals surface area contributed by atoms with E-state index in [-0.39, 0.29) is 12.4 Å². The van der Waals surface area contributed by atoms with E-state index < -0.39 is 0 Å². The third kappa shape index (κ3) is 2.46. The maximum absolute atomic E-state index is 3.52. The summed E-state index contributed by atoms with van der Waals surface area (Å²) in [6.07, 6.45) is 3.84. The van der Waals surface area contributed by atoms with Crippen LogP contribution in [0.25, 0.3) is 0 Å². The van der Waals surface area contributed by atoms with Gasteiger partial charge in [0.2, 0.25) is 0 Å². The van der Waals surface area contributed by atoms with E-state index >= 15 is 0 Å². The van der Waals surface area contributed by atoms with E-state index in [0.29, 0.717) is 6.04 Å². The molecule has 0 unspecified atom stereocenters. The third-order valence-electron chi connectivity index (χ3n) is 2.43. The highest BCUT2D eigenvalue weighted by molar-refractivity contribution is 7.12. The Balaban J connectivity index is 0.000000845. The molecular weight excluding hydrogens is 202 g/mol. The molecule has 1 N–H and O–H groups in total. The Morgan fingerprint density at radius 1 is 1.54 bits per heavy atom. The number of halogens is 1. The highest BCUT2D eigenvalue weighted by Crippen LogP contribution is 2.29. The molecule has 13 heavy (non-hydrogen) atoms. The summed E-state index contributed by atoms with van der Waals surface area (Å²) < 4.78 is 0. The van der Waals surface area contributed by atoms with Crippen LogP contribution in [0.15, 0.2) is 12.1 Å². The van der Waals surface area contributed by atoms with Gasteiger partial charge >= 0.3 is 0 Å². The van der Waals surface area contributed by atoms with Crippen molar-refractivity contribution < 1.29 is 0 Å². The quantitative estimate of drug-likeness (QED) is 0.803. The lowest BCUT2D eigenvalue weighted by molar-refractivity contribution is 0.660. The van der Waals surface area contributed by atoms with E-state index in [9.17, 15) is 0 Å². The molecule has 0 spiro atoms. The van der Waals surface area contributed by atoms with Crippen LogP contribution in [0, 0.1) is 0 Å². The first kappa shape index (κ1) is 11.0. The Morgan fingerprint density at radius 2 is 2.38 bits per heavy atom. The SMILES string of the molecule is CCc1ccc([C@@H]2CCCN2)s1.Cl. The largest absolute Gasteiger partial charge is 0.309 e. The number of nitrogens with one attached hydrogen (secondary N) is 1. The van der Waals surface area contributed by atoms with Gasteiger partial charge in [-0.2, -0.15) is 0 Å². The minimum Gasteiger partial charge on any atom is -0.309 e. The lowest BCUT2D eigenvalue weighted by Gasteiger charge is -2.05. The van der Waals surface area contributed by atoms with Crippen LogP contribution < -0.4 is 5.32 Å². The summed E-state index contributed by atoms with van der Waals surface area (Å²) in [7, 11) is 0. The molecule has 0 bridgehead atoms. The summed E-state index contributed by atoms with van der Waals surface area (Å²) >= 11 is 1.97. The van der Waals surface area contributed by atoms with Crippen molar-refractivity contribution in [3.63, 3.8) is 0 Å². The molecule has 0 amide bonds. The number of aryl methyl sites for hydroxylation is 1. The smallest absolute Gasteiger partial charge is 0.0415 e. The predicted octanol–water partition coefficient (Wildman–Crippen LogP) is 3.16. The molecule has 3 heteroatoms. The molecular formula is C10H16ClNS. The molecule has 0 aliphatic carbocycles. The Bertz CT molecular complexity index is 253. The first-order valence-electron chi connectivity index (χ1n) is 4.72. The van der Waals surface area contributed by atoms with Gasteiger partial charge in [0.1, 0.15) is 0 Å². The molecule has 1 saturated heterocycles. The molecule has 1 aromatic heterocycles. The molecule has 1 aromatic rings. The van der Waals surface area contributed by atoms with Gasteiger partial charge in [0.15, 0.2) is 0 Å². The van der Waals surface area contributed by atoms with E-state index in [4.69, 9.17) is 0 Å². The van der Waals surface area contributed by atoms with Gasteiger partial charge in [-0.25, -0.2) is 0 Å². The number of hydrogen-bond acceptors (Lipinski definition) is 2. The summed E-state index contributed by atoms with van der Waals surface area (Å²) in [5.74, 6) is 0. The zero-order chi connectivity index (χ0) is 8.39. The molecule has 1 nitrogen and oxygen atoms in total. The topological polar surface area (TPSA) is 12.0 Å². The van der Waals surface area contributed by atoms with Gasteiger partial charge in [-0.1, -0.05) is 6.92 Å². The monoisotopic (exact) mass is 217 g/mol. The van der Waals surface area contributed by atoms with Crippen molar-refractivity contribution in [2.45, 2.75) is 32.2 Å². The average Bonchev–Trinajstić information content (AvgIpc) is 2.75. The van der Waals surface area contributed by atoms with Crippen LogP contribution in [0.4, 0.5) is 0 Å². The van der Waals surface area contributed by atoms with Crippen molar-refractivity contribution in [2.24, 2.45) is 0 Å².